The summed E-state index contributed by atoms with van der Waals surface area (Å²) in [6.45, 7) is 0. The predicted molar refractivity (Wildman–Crippen MR) is 41.4 cm³/mol. The number of phenolic OH excluding ortho intramolecular Hbond substituents is 2. The molecule has 4 N–H and O–H groups in total. The Morgan fingerprint density at radius 2 is 1.50 bits per heavy atom. The van der Waals surface area contributed by atoms with Crippen LogP contribution in [0.15, 0.2) is 18.2 Å². The van der Waals surface area contributed by atoms with Gasteiger partial charge in [0.2, 0.25) is 0 Å². The molecule has 0 aromatic heterocycles. The molecular formula is C6H7O5P. The first kappa shape index (κ1) is 9.06. The van der Waals surface area contributed by atoms with E-state index >= 15 is 0 Å². The molecule has 0 aliphatic heterocycles. The Bertz CT molecular complexity index is 322. The number of rotatable bonds is 1. The van der Waals surface area contributed by atoms with Gasteiger partial charge in [-0.15, -0.1) is 0 Å². The van der Waals surface area contributed by atoms with Crippen LogP contribution in [0, 0.1) is 0 Å². The third-order valence-electron chi connectivity index (χ3n) is 1.28. The van der Waals surface area contributed by atoms with Gasteiger partial charge in [0.15, 0.2) is 0 Å². The molecule has 0 heterocycles. The fourth-order valence-corrected chi connectivity index (χ4v) is 1.56. The van der Waals surface area contributed by atoms with Gasteiger partial charge < -0.3 is 20.0 Å². The van der Waals surface area contributed by atoms with Crippen LogP contribution in [0.2, 0.25) is 0 Å². The van der Waals surface area contributed by atoms with Crippen LogP contribution in [0.1, 0.15) is 0 Å². The normalized spacial score (nSPS) is 11.5. The van der Waals surface area contributed by atoms with E-state index in [-0.39, 0.29) is 0 Å². The lowest BCUT2D eigenvalue weighted by Gasteiger charge is -2.07. The van der Waals surface area contributed by atoms with Crippen molar-refractivity contribution in [2.75, 3.05) is 0 Å². The lowest BCUT2D eigenvalue weighted by atomic mass is 10.3. The van der Waals surface area contributed by atoms with Crippen LogP contribution in [0.5, 0.6) is 11.5 Å². The Morgan fingerprint density at radius 1 is 1.08 bits per heavy atom. The number of phenols is 2. The zero-order valence-electron chi connectivity index (χ0n) is 5.88. The van der Waals surface area contributed by atoms with Crippen molar-refractivity contribution < 1.29 is 24.6 Å². The second-order valence-electron chi connectivity index (χ2n) is 2.19. The molecule has 1 aromatic rings. The number of aromatic hydroxyl groups is 2. The highest BCUT2D eigenvalue weighted by Crippen LogP contribution is 2.40. The smallest absolute Gasteiger partial charge is 0.363 e. The molecule has 0 radical (unpaired) electrons. The van der Waals surface area contributed by atoms with Gasteiger partial charge in [0, 0.05) is 0 Å². The first-order chi connectivity index (χ1) is 5.43. The minimum atomic E-state index is -4.59. The van der Waals surface area contributed by atoms with Crippen molar-refractivity contribution in [3.63, 3.8) is 0 Å². The number of hydrogen-bond donors (Lipinski definition) is 4. The summed E-state index contributed by atoms with van der Waals surface area (Å²) in [4.78, 5) is 17.3. The van der Waals surface area contributed by atoms with Crippen LogP contribution < -0.4 is 5.30 Å². The molecule has 0 saturated heterocycles. The van der Waals surface area contributed by atoms with Gasteiger partial charge in [-0.1, -0.05) is 6.07 Å². The van der Waals surface area contributed by atoms with Crippen LogP contribution >= 0.6 is 7.60 Å². The van der Waals surface area contributed by atoms with Crippen LogP contribution in [0.3, 0.4) is 0 Å². The lowest BCUT2D eigenvalue weighted by Crippen LogP contribution is -2.04. The summed E-state index contributed by atoms with van der Waals surface area (Å²) >= 11 is 0. The van der Waals surface area contributed by atoms with Crippen LogP contribution in [0.4, 0.5) is 0 Å². The lowest BCUT2D eigenvalue weighted by molar-refractivity contribution is 0.381. The minimum Gasteiger partial charge on any atom is -0.507 e. The summed E-state index contributed by atoms with van der Waals surface area (Å²) in [6.07, 6.45) is 0. The number of hydrogen-bond acceptors (Lipinski definition) is 3. The van der Waals surface area contributed by atoms with Crippen molar-refractivity contribution in [2.24, 2.45) is 0 Å². The van der Waals surface area contributed by atoms with Gasteiger partial charge >= 0.3 is 7.60 Å². The molecule has 0 aliphatic rings. The Hall–Kier alpha value is -1.03. The monoisotopic (exact) mass is 190 g/mol. The summed E-state index contributed by atoms with van der Waals surface area (Å²) in [6, 6.07) is 3.46. The fraction of sp³-hybridized carbons (Fsp3) is 0. The van der Waals surface area contributed by atoms with E-state index in [1.54, 1.807) is 0 Å². The summed E-state index contributed by atoms with van der Waals surface area (Å²) in [7, 11) is -4.59. The minimum absolute atomic E-state index is 0.608. The fourth-order valence-electron chi connectivity index (χ4n) is 0.818. The first-order valence-electron chi connectivity index (χ1n) is 3.00. The topological polar surface area (TPSA) is 98.0 Å². The number of benzene rings is 1. The van der Waals surface area contributed by atoms with Crippen LogP contribution in [0.25, 0.3) is 0 Å². The highest BCUT2D eigenvalue weighted by atomic mass is 31.2. The zero-order chi connectivity index (χ0) is 9.35. The first-order valence-corrected chi connectivity index (χ1v) is 4.61. The quantitative estimate of drug-likeness (QED) is 0.463. The van der Waals surface area contributed by atoms with Gasteiger partial charge in [-0.25, -0.2) is 0 Å². The Morgan fingerprint density at radius 3 is 1.75 bits per heavy atom. The molecule has 0 amide bonds. The molecule has 5 nitrogen and oxygen atoms in total. The van der Waals surface area contributed by atoms with Gasteiger partial charge in [-0.3, -0.25) is 4.57 Å². The molecule has 12 heavy (non-hydrogen) atoms. The van der Waals surface area contributed by atoms with E-state index in [4.69, 9.17) is 20.0 Å². The van der Waals surface area contributed by atoms with Crippen molar-refractivity contribution in [2.45, 2.75) is 0 Å². The molecule has 6 heteroatoms. The van der Waals surface area contributed by atoms with Crippen molar-refractivity contribution in [3.05, 3.63) is 18.2 Å². The molecule has 0 fully saturated rings. The van der Waals surface area contributed by atoms with Gasteiger partial charge in [-0.05, 0) is 12.1 Å². The van der Waals surface area contributed by atoms with Crippen LogP contribution in [-0.4, -0.2) is 20.0 Å². The molecule has 0 saturated carbocycles. The Labute approximate surface area is 68.1 Å². The second-order valence-corrected chi connectivity index (χ2v) is 3.72. The van der Waals surface area contributed by atoms with Gasteiger partial charge in [0.25, 0.3) is 0 Å². The van der Waals surface area contributed by atoms with Crippen molar-refractivity contribution in [1.29, 1.82) is 0 Å². The highest BCUT2D eigenvalue weighted by molar-refractivity contribution is 7.60. The van der Waals surface area contributed by atoms with Crippen molar-refractivity contribution in [3.8, 4) is 11.5 Å². The standard InChI is InChI=1S/C6H7O5P/c7-4-2-1-3-5(8)6(4)12(9,10)11/h1-3,7-8H,(H2,9,10,11). The van der Waals surface area contributed by atoms with Gasteiger partial charge in [-0.2, -0.15) is 0 Å². The van der Waals surface area contributed by atoms with E-state index in [0.29, 0.717) is 0 Å². The van der Waals surface area contributed by atoms with E-state index in [1.165, 1.54) is 6.07 Å². The van der Waals surface area contributed by atoms with E-state index in [0.717, 1.165) is 12.1 Å². The maximum absolute atomic E-state index is 10.6. The van der Waals surface area contributed by atoms with Crippen molar-refractivity contribution >= 4 is 12.9 Å². The molecule has 0 bridgehead atoms. The maximum Gasteiger partial charge on any atom is 0.363 e. The van der Waals surface area contributed by atoms with Gasteiger partial charge in [0.05, 0.1) is 0 Å². The maximum atomic E-state index is 10.6. The van der Waals surface area contributed by atoms with E-state index < -0.39 is 24.4 Å². The molecule has 1 rings (SSSR count). The summed E-state index contributed by atoms with van der Waals surface area (Å²) < 4.78 is 10.6. The SMILES string of the molecule is O=P(O)(O)c1c(O)cccc1O. The molecule has 0 aliphatic carbocycles. The molecule has 0 atom stereocenters. The molecular weight excluding hydrogens is 183 g/mol. The van der Waals surface area contributed by atoms with Crippen LogP contribution in [-0.2, 0) is 4.57 Å². The van der Waals surface area contributed by atoms with Crippen molar-refractivity contribution in [1.82, 2.24) is 0 Å². The van der Waals surface area contributed by atoms with E-state index in [1.807, 2.05) is 0 Å². The summed E-state index contributed by atoms with van der Waals surface area (Å²) in [5.74, 6) is -1.22. The zero-order valence-corrected chi connectivity index (χ0v) is 6.77. The largest absolute Gasteiger partial charge is 0.507 e. The average Bonchev–Trinajstić information content (AvgIpc) is 1.82. The molecule has 66 valence electrons. The highest BCUT2D eigenvalue weighted by Gasteiger charge is 2.25. The van der Waals surface area contributed by atoms with E-state index in [2.05, 4.69) is 0 Å². The average molecular weight is 190 g/mol. The molecule has 0 spiro atoms. The summed E-state index contributed by atoms with van der Waals surface area (Å²) in [5.41, 5.74) is 0. The Kier molecular flexibility index (Phi) is 2.10. The second kappa shape index (κ2) is 2.79. The summed E-state index contributed by atoms with van der Waals surface area (Å²) in [5, 5.41) is 17.2. The Balaban J connectivity index is 3.42. The van der Waals surface area contributed by atoms with Gasteiger partial charge in [0.1, 0.15) is 16.8 Å². The van der Waals surface area contributed by atoms with E-state index in [9.17, 15) is 4.57 Å². The third kappa shape index (κ3) is 1.58. The predicted octanol–water partition coefficient (Wildman–Crippen LogP) is -0.0992. The third-order valence-corrected chi connectivity index (χ3v) is 2.33. The molecule has 0 unspecified atom stereocenters. The molecule has 1 aromatic carbocycles.